The molecule has 0 radical (unpaired) electrons. The summed E-state index contributed by atoms with van der Waals surface area (Å²) < 4.78 is 0. The van der Waals surface area contributed by atoms with Crippen LogP contribution in [0.3, 0.4) is 0 Å². The van der Waals surface area contributed by atoms with Crippen molar-refractivity contribution in [2.24, 2.45) is 0 Å². The van der Waals surface area contributed by atoms with Crippen LogP contribution in [0.25, 0.3) is 0 Å². The quantitative estimate of drug-likeness (QED) is 0.674. The Hall–Kier alpha value is -1.17. The van der Waals surface area contributed by atoms with Crippen molar-refractivity contribution < 1.29 is 4.92 Å². The lowest BCUT2D eigenvalue weighted by Crippen LogP contribution is -2.49. The fourth-order valence-electron chi connectivity index (χ4n) is 2.13. The Morgan fingerprint density at radius 3 is 3.06 bits per heavy atom. The first-order valence-electron chi connectivity index (χ1n) is 5.95. The molecule has 1 aromatic carbocycles. The van der Waals surface area contributed by atoms with Crippen LogP contribution in [-0.4, -0.2) is 35.5 Å². The maximum atomic E-state index is 10.8. The first-order valence-corrected chi connectivity index (χ1v) is 6.33. The Morgan fingerprint density at radius 2 is 2.39 bits per heavy atom. The highest BCUT2D eigenvalue weighted by Gasteiger charge is 2.20. The van der Waals surface area contributed by atoms with Crippen LogP contribution in [0.1, 0.15) is 12.5 Å². The van der Waals surface area contributed by atoms with E-state index in [9.17, 15) is 10.1 Å². The SMILES string of the molecule is C[C@@H]1CNCCN1Cc1cc([N+](=O)[O-])ccc1Cl. The number of halogens is 1. The fraction of sp³-hybridized carbons (Fsp3) is 0.500. The topological polar surface area (TPSA) is 58.4 Å². The number of benzene rings is 1. The monoisotopic (exact) mass is 269 g/mol. The summed E-state index contributed by atoms with van der Waals surface area (Å²) in [7, 11) is 0. The predicted molar refractivity (Wildman–Crippen MR) is 70.8 cm³/mol. The standard InChI is InChI=1S/C12H16ClN3O2/c1-9-7-14-4-5-15(9)8-10-6-11(16(17)18)2-3-12(10)13/h2-3,6,9,14H,4-5,7-8H2,1H3/t9-/m1/s1. The molecule has 18 heavy (non-hydrogen) atoms. The van der Waals surface area contributed by atoms with Gasteiger partial charge in [0, 0.05) is 49.4 Å². The highest BCUT2D eigenvalue weighted by Crippen LogP contribution is 2.24. The molecule has 0 aliphatic carbocycles. The third kappa shape index (κ3) is 2.98. The van der Waals surface area contributed by atoms with Gasteiger partial charge in [0.15, 0.2) is 0 Å². The van der Waals surface area contributed by atoms with Gasteiger partial charge >= 0.3 is 0 Å². The molecule has 0 saturated carbocycles. The lowest BCUT2D eigenvalue weighted by atomic mass is 10.1. The second-order valence-corrected chi connectivity index (χ2v) is 4.96. The van der Waals surface area contributed by atoms with E-state index in [1.54, 1.807) is 12.1 Å². The molecule has 6 heteroatoms. The molecule has 5 nitrogen and oxygen atoms in total. The van der Waals surface area contributed by atoms with Crippen molar-refractivity contribution in [1.82, 2.24) is 10.2 Å². The number of nitro benzene ring substituents is 1. The Labute approximate surface area is 111 Å². The number of nitrogens with zero attached hydrogens (tertiary/aromatic N) is 2. The summed E-state index contributed by atoms with van der Waals surface area (Å²) in [6.07, 6.45) is 0. The molecule has 1 aromatic rings. The number of nitrogens with one attached hydrogen (secondary N) is 1. The zero-order valence-corrected chi connectivity index (χ0v) is 11.0. The van der Waals surface area contributed by atoms with E-state index in [0.717, 1.165) is 25.2 Å². The molecule has 1 heterocycles. The molecular formula is C12H16ClN3O2. The summed E-state index contributed by atoms with van der Waals surface area (Å²) in [5.41, 5.74) is 0.914. The van der Waals surface area contributed by atoms with Gasteiger partial charge in [-0.3, -0.25) is 15.0 Å². The third-order valence-electron chi connectivity index (χ3n) is 3.25. The predicted octanol–water partition coefficient (Wildman–Crippen LogP) is 2.04. The molecule has 1 aliphatic rings. The second-order valence-electron chi connectivity index (χ2n) is 4.56. The summed E-state index contributed by atoms with van der Waals surface area (Å²) >= 11 is 6.10. The smallest absolute Gasteiger partial charge is 0.269 e. The second kappa shape index (κ2) is 5.65. The number of hydrogen-bond acceptors (Lipinski definition) is 4. The van der Waals surface area contributed by atoms with Crippen LogP contribution in [0, 0.1) is 10.1 Å². The molecular weight excluding hydrogens is 254 g/mol. The van der Waals surface area contributed by atoms with E-state index >= 15 is 0 Å². The molecule has 0 spiro atoms. The lowest BCUT2D eigenvalue weighted by Gasteiger charge is -2.34. The first kappa shape index (κ1) is 13.3. The van der Waals surface area contributed by atoms with E-state index in [1.165, 1.54) is 6.07 Å². The van der Waals surface area contributed by atoms with Crippen LogP contribution in [0.15, 0.2) is 18.2 Å². The van der Waals surface area contributed by atoms with Gasteiger partial charge in [-0.25, -0.2) is 0 Å². The van der Waals surface area contributed by atoms with E-state index in [4.69, 9.17) is 11.6 Å². The van der Waals surface area contributed by atoms with Crippen molar-refractivity contribution >= 4 is 17.3 Å². The van der Waals surface area contributed by atoms with Gasteiger partial charge in [0.1, 0.15) is 0 Å². The van der Waals surface area contributed by atoms with Crippen LogP contribution in [0.5, 0.6) is 0 Å². The van der Waals surface area contributed by atoms with Gasteiger partial charge < -0.3 is 5.32 Å². The summed E-state index contributed by atoms with van der Waals surface area (Å²) in [4.78, 5) is 12.7. The molecule has 1 fully saturated rings. The van der Waals surface area contributed by atoms with E-state index in [0.29, 0.717) is 17.6 Å². The largest absolute Gasteiger partial charge is 0.314 e. The van der Waals surface area contributed by atoms with Crippen LogP contribution in [-0.2, 0) is 6.54 Å². The van der Waals surface area contributed by atoms with E-state index in [-0.39, 0.29) is 10.6 Å². The summed E-state index contributed by atoms with van der Waals surface area (Å²) in [6.45, 7) is 5.60. The maximum absolute atomic E-state index is 10.8. The van der Waals surface area contributed by atoms with Crippen LogP contribution < -0.4 is 5.32 Å². The molecule has 0 aromatic heterocycles. The van der Waals surface area contributed by atoms with E-state index < -0.39 is 0 Å². The lowest BCUT2D eigenvalue weighted by molar-refractivity contribution is -0.384. The van der Waals surface area contributed by atoms with Crippen molar-refractivity contribution in [3.05, 3.63) is 38.9 Å². The number of non-ortho nitro benzene ring substituents is 1. The van der Waals surface area contributed by atoms with Gasteiger partial charge in [0.05, 0.1) is 4.92 Å². The average Bonchev–Trinajstić information content (AvgIpc) is 2.34. The first-order chi connectivity index (χ1) is 8.58. The number of hydrogen-bond donors (Lipinski definition) is 1. The molecule has 0 unspecified atom stereocenters. The molecule has 1 aliphatic heterocycles. The van der Waals surface area contributed by atoms with Crippen molar-refractivity contribution in [3.63, 3.8) is 0 Å². The highest BCUT2D eigenvalue weighted by atomic mass is 35.5. The maximum Gasteiger partial charge on any atom is 0.269 e. The third-order valence-corrected chi connectivity index (χ3v) is 3.62. The number of nitro groups is 1. The van der Waals surface area contributed by atoms with Gasteiger partial charge in [0.2, 0.25) is 0 Å². The minimum Gasteiger partial charge on any atom is -0.314 e. The normalized spacial score (nSPS) is 20.9. The fourth-order valence-corrected chi connectivity index (χ4v) is 2.31. The Balaban J connectivity index is 2.17. The molecule has 0 amide bonds. The van der Waals surface area contributed by atoms with Crippen molar-refractivity contribution in [3.8, 4) is 0 Å². The molecule has 2 rings (SSSR count). The van der Waals surface area contributed by atoms with Gasteiger partial charge in [-0.15, -0.1) is 0 Å². The van der Waals surface area contributed by atoms with Gasteiger partial charge in [-0.1, -0.05) is 11.6 Å². The van der Waals surface area contributed by atoms with Crippen LogP contribution >= 0.6 is 11.6 Å². The van der Waals surface area contributed by atoms with Crippen LogP contribution in [0.2, 0.25) is 5.02 Å². The van der Waals surface area contributed by atoms with Crippen molar-refractivity contribution in [2.75, 3.05) is 19.6 Å². The highest BCUT2D eigenvalue weighted by molar-refractivity contribution is 6.31. The number of piperazine rings is 1. The van der Waals surface area contributed by atoms with Crippen molar-refractivity contribution in [2.45, 2.75) is 19.5 Å². The molecule has 98 valence electrons. The minimum absolute atomic E-state index is 0.0946. The zero-order chi connectivity index (χ0) is 13.1. The molecule has 1 atom stereocenters. The van der Waals surface area contributed by atoms with E-state index in [2.05, 4.69) is 17.1 Å². The van der Waals surface area contributed by atoms with Gasteiger partial charge in [-0.2, -0.15) is 0 Å². The average molecular weight is 270 g/mol. The Bertz CT molecular complexity index is 453. The summed E-state index contributed by atoms with van der Waals surface area (Å²) in [6, 6.07) is 5.01. The summed E-state index contributed by atoms with van der Waals surface area (Å²) in [5.74, 6) is 0. The Morgan fingerprint density at radius 1 is 1.61 bits per heavy atom. The molecule has 1 N–H and O–H groups in total. The Kier molecular flexibility index (Phi) is 4.16. The molecule has 1 saturated heterocycles. The van der Waals surface area contributed by atoms with E-state index in [1.807, 2.05) is 0 Å². The zero-order valence-electron chi connectivity index (χ0n) is 10.2. The number of rotatable bonds is 3. The van der Waals surface area contributed by atoms with Gasteiger partial charge in [0.25, 0.3) is 5.69 Å². The summed E-state index contributed by atoms with van der Waals surface area (Å²) in [5, 5.41) is 14.7. The van der Waals surface area contributed by atoms with Gasteiger partial charge in [-0.05, 0) is 18.6 Å². The van der Waals surface area contributed by atoms with Crippen molar-refractivity contribution in [1.29, 1.82) is 0 Å². The minimum atomic E-state index is -0.388. The van der Waals surface area contributed by atoms with Crippen LogP contribution in [0.4, 0.5) is 5.69 Å². The molecule has 0 bridgehead atoms.